The number of sulfone groups is 1. The number of thiazole rings is 1. The zero-order valence-electron chi connectivity index (χ0n) is 10.3. The minimum atomic E-state index is -3.85. The van der Waals surface area contributed by atoms with E-state index in [4.69, 9.17) is 5.11 Å². The maximum Gasteiger partial charge on any atom is 0.335 e. The van der Waals surface area contributed by atoms with Crippen LogP contribution in [0.5, 0.6) is 0 Å². The predicted octanol–water partition coefficient (Wildman–Crippen LogP) is 2.26. The van der Waals surface area contributed by atoms with Crippen molar-refractivity contribution in [3.05, 3.63) is 45.7 Å². The molecule has 8 heteroatoms. The van der Waals surface area contributed by atoms with Gasteiger partial charge in [0.15, 0.2) is 9.84 Å². The van der Waals surface area contributed by atoms with Gasteiger partial charge >= 0.3 is 5.97 Å². The van der Waals surface area contributed by atoms with Crippen LogP contribution in [0.15, 0.2) is 27.9 Å². The Labute approximate surface area is 118 Å². The summed E-state index contributed by atoms with van der Waals surface area (Å²) in [6.07, 6.45) is 0. The first-order valence-electron chi connectivity index (χ1n) is 5.44. The van der Waals surface area contributed by atoms with Gasteiger partial charge in [0.05, 0.1) is 27.4 Å². The van der Waals surface area contributed by atoms with Crippen LogP contribution in [0.2, 0.25) is 0 Å². The molecule has 1 heterocycles. The molecule has 0 aliphatic carbocycles. The number of carboxylic acids is 1. The van der Waals surface area contributed by atoms with E-state index in [1.54, 1.807) is 5.38 Å². The molecule has 2 rings (SSSR count). The lowest BCUT2D eigenvalue weighted by molar-refractivity contribution is 0.0696. The molecule has 0 aliphatic rings. The van der Waals surface area contributed by atoms with Crippen LogP contribution in [0.4, 0.5) is 4.39 Å². The zero-order chi connectivity index (χ0) is 14.9. The second-order valence-corrected chi connectivity index (χ2v) is 6.80. The molecule has 0 saturated heterocycles. The van der Waals surface area contributed by atoms with E-state index in [1.807, 2.05) is 0 Å². The molecule has 0 saturated carbocycles. The molecule has 0 bridgehead atoms. The molecule has 1 aromatic heterocycles. The van der Waals surface area contributed by atoms with Crippen LogP contribution < -0.4 is 0 Å². The summed E-state index contributed by atoms with van der Waals surface area (Å²) in [7, 11) is -3.85. The van der Waals surface area contributed by atoms with Crippen molar-refractivity contribution in [3.63, 3.8) is 0 Å². The van der Waals surface area contributed by atoms with Crippen LogP contribution in [0.25, 0.3) is 0 Å². The highest BCUT2D eigenvalue weighted by Gasteiger charge is 2.23. The van der Waals surface area contributed by atoms with Crippen LogP contribution in [0.1, 0.15) is 21.6 Å². The molecule has 0 unspecified atom stereocenters. The van der Waals surface area contributed by atoms with E-state index in [9.17, 15) is 17.6 Å². The highest BCUT2D eigenvalue weighted by Crippen LogP contribution is 2.24. The normalized spacial score (nSPS) is 11.5. The third-order valence-corrected chi connectivity index (χ3v) is 5.11. The summed E-state index contributed by atoms with van der Waals surface area (Å²) in [5, 5.41) is 10.4. The van der Waals surface area contributed by atoms with Crippen LogP contribution in [-0.2, 0) is 15.6 Å². The van der Waals surface area contributed by atoms with Gasteiger partial charge < -0.3 is 5.11 Å². The fourth-order valence-electron chi connectivity index (χ4n) is 1.68. The Morgan fingerprint density at radius 1 is 1.45 bits per heavy atom. The number of carboxylic acid groups (broad SMARTS) is 1. The van der Waals surface area contributed by atoms with Gasteiger partial charge in [-0.25, -0.2) is 22.6 Å². The van der Waals surface area contributed by atoms with Gasteiger partial charge in [0.1, 0.15) is 5.82 Å². The molecule has 0 aliphatic heterocycles. The average molecular weight is 315 g/mol. The Hall–Kier alpha value is -1.80. The molecular weight excluding hydrogens is 305 g/mol. The molecule has 1 N–H and O–H groups in total. The summed E-state index contributed by atoms with van der Waals surface area (Å²) in [5.74, 6) is -2.63. The fourth-order valence-corrected chi connectivity index (χ4v) is 3.92. The molecule has 0 atom stereocenters. The first kappa shape index (κ1) is 14.6. The van der Waals surface area contributed by atoms with E-state index in [1.165, 1.54) is 23.8 Å². The summed E-state index contributed by atoms with van der Waals surface area (Å²) < 4.78 is 38.2. The summed E-state index contributed by atoms with van der Waals surface area (Å²) in [5.41, 5.74) is 1.34. The Morgan fingerprint density at radius 3 is 2.70 bits per heavy atom. The van der Waals surface area contributed by atoms with Gasteiger partial charge in [-0.05, 0) is 19.1 Å². The highest BCUT2D eigenvalue weighted by atomic mass is 32.2. The van der Waals surface area contributed by atoms with E-state index < -0.39 is 27.2 Å². The molecule has 0 amide bonds. The average Bonchev–Trinajstić information content (AvgIpc) is 2.83. The Bertz CT molecular complexity index is 754. The van der Waals surface area contributed by atoms with Crippen LogP contribution in [-0.4, -0.2) is 24.5 Å². The maximum atomic E-state index is 13.7. The van der Waals surface area contributed by atoms with Crippen LogP contribution in [0.3, 0.4) is 0 Å². The van der Waals surface area contributed by atoms with Crippen molar-refractivity contribution in [2.45, 2.75) is 17.6 Å². The highest BCUT2D eigenvalue weighted by molar-refractivity contribution is 7.90. The van der Waals surface area contributed by atoms with Crippen LogP contribution in [0, 0.1) is 12.7 Å². The van der Waals surface area contributed by atoms with Crippen molar-refractivity contribution in [1.29, 1.82) is 0 Å². The van der Waals surface area contributed by atoms with Gasteiger partial charge in [-0.2, -0.15) is 0 Å². The third kappa shape index (κ3) is 2.86. The minimum absolute atomic E-state index is 0.0924. The molecule has 5 nitrogen and oxygen atoms in total. The second-order valence-electron chi connectivity index (χ2n) is 4.13. The molecule has 0 fully saturated rings. The SMILES string of the molecule is Cc1c(F)cc(C(=O)O)cc1S(=O)(=O)Cc1cscn1. The van der Waals surface area contributed by atoms with Gasteiger partial charge in [-0.1, -0.05) is 0 Å². The number of benzene rings is 1. The molecule has 0 spiro atoms. The lowest BCUT2D eigenvalue weighted by atomic mass is 10.1. The van der Waals surface area contributed by atoms with Gasteiger partial charge in [0.2, 0.25) is 0 Å². The van der Waals surface area contributed by atoms with Gasteiger partial charge in [0, 0.05) is 10.9 Å². The number of aromatic carboxylic acids is 1. The summed E-state index contributed by atoms with van der Waals surface area (Å²) in [4.78, 5) is 14.4. The number of nitrogens with zero attached hydrogens (tertiary/aromatic N) is 1. The molecular formula is C12H10FNO4S2. The van der Waals surface area contributed by atoms with E-state index >= 15 is 0 Å². The predicted molar refractivity (Wildman–Crippen MR) is 71.1 cm³/mol. The number of hydrogen-bond donors (Lipinski definition) is 1. The van der Waals surface area contributed by atoms with Crippen molar-refractivity contribution in [2.24, 2.45) is 0 Å². The third-order valence-electron chi connectivity index (χ3n) is 2.70. The molecule has 1 aromatic carbocycles. The monoisotopic (exact) mass is 315 g/mol. The zero-order valence-corrected chi connectivity index (χ0v) is 12.0. The number of halogens is 1. The lowest BCUT2D eigenvalue weighted by Gasteiger charge is -2.09. The minimum Gasteiger partial charge on any atom is -0.478 e. The summed E-state index contributed by atoms with van der Waals surface area (Å²) >= 11 is 1.25. The second kappa shape index (κ2) is 5.29. The smallest absolute Gasteiger partial charge is 0.335 e. The van der Waals surface area contributed by atoms with Crippen molar-refractivity contribution in [2.75, 3.05) is 0 Å². The Balaban J connectivity index is 2.53. The number of carbonyl (C=O) groups is 1. The summed E-state index contributed by atoms with van der Waals surface area (Å²) in [6.45, 7) is 1.30. The van der Waals surface area contributed by atoms with Crippen molar-refractivity contribution < 1.29 is 22.7 Å². The number of aromatic nitrogens is 1. The van der Waals surface area contributed by atoms with Crippen molar-refractivity contribution in [3.8, 4) is 0 Å². The van der Waals surface area contributed by atoms with Crippen molar-refractivity contribution in [1.82, 2.24) is 4.98 Å². The lowest BCUT2D eigenvalue weighted by Crippen LogP contribution is -2.10. The summed E-state index contributed by atoms with van der Waals surface area (Å²) in [6, 6.07) is 1.78. The van der Waals surface area contributed by atoms with Gasteiger partial charge in [0.25, 0.3) is 0 Å². The maximum absolute atomic E-state index is 13.7. The fraction of sp³-hybridized carbons (Fsp3) is 0.167. The first-order chi connectivity index (χ1) is 9.31. The Kier molecular flexibility index (Phi) is 3.87. The molecule has 0 radical (unpaired) electrons. The van der Waals surface area contributed by atoms with Gasteiger partial charge in [-0.3, -0.25) is 0 Å². The molecule has 2 aromatic rings. The topological polar surface area (TPSA) is 84.3 Å². The number of hydrogen-bond acceptors (Lipinski definition) is 5. The van der Waals surface area contributed by atoms with E-state index in [0.29, 0.717) is 5.69 Å². The molecule has 20 heavy (non-hydrogen) atoms. The van der Waals surface area contributed by atoms with Crippen LogP contribution >= 0.6 is 11.3 Å². The standard InChI is InChI=1S/C12H10FNO4S2/c1-7-10(13)2-8(12(15)16)3-11(7)20(17,18)5-9-4-19-6-14-9/h2-4,6H,5H2,1H3,(H,15,16). The Morgan fingerprint density at radius 2 is 2.15 bits per heavy atom. The largest absolute Gasteiger partial charge is 0.478 e. The number of rotatable bonds is 4. The molecule has 106 valence electrons. The van der Waals surface area contributed by atoms with Gasteiger partial charge in [-0.15, -0.1) is 11.3 Å². The first-order valence-corrected chi connectivity index (χ1v) is 8.04. The van der Waals surface area contributed by atoms with Crippen molar-refractivity contribution >= 4 is 27.1 Å². The van der Waals surface area contributed by atoms with E-state index in [0.717, 1.165) is 12.1 Å². The van der Waals surface area contributed by atoms with E-state index in [2.05, 4.69) is 4.98 Å². The van der Waals surface area contributed by atoms with E-state index in [-0.39, 0.29) is 16.2 Å². The quantitative estimate of drug-likeness (QED) is 0.935.